The number of Topliss-reactive ketones (excluding diaryl/α,β-unsaturated/α-hetero) is 4. The van der Waals surface area contributed by atoms with Crippen LogP contribution in [-0.2, 0) is 19.2 Å². The van der Waals surface area contributed by atoms with Crippen molar-refractivity contribution >= 4 is 23.1 Å². The van der Waals surface area contributed by atoms with E-state index in [9.17, 15) is 39.6 Å². The van der Waals surface area contributed by atoms with Gasteiger partial charge in [-0.05, 0) is 166 Å². The number of benzene rings is 2. The van der Waals surface area contributed by atoms with Gasteiger partial charge in [0.2, 0.25) is 11.6 Å². The van der Waals surface area contributed by atoms with Crippen LogP contribution in [0.25, 0.3) is 0 Å². The number of ketones is 4. The van der Waals surface area contributed by atoms with Gasteiger partial charge in [-0.1, -0.05) is 7.43 Å². The minimum atomic E-state index is -0.351. The summed E-state index contributed by atoms with van der Waals surface area (Å²) in [7, 11) is 0. The van der Waals surface area contributed by atoms with Gasteiger partial charge in [0.25, 0.3) is 0 Å². The van der Waals surface area contributed by atoms with E-state index in [1.807, 2.05) is 27.7 Å². The molecule has 2 aliphatic rings. The van der Waals surface area contributed by atoms with E-state index in [-0.39, 0.29) is 42.1 Å². The van der Waals surface area contributed by atoms with Gasteiger partial charge in [-0.2, -0.15) is 0 Å². The number of phenolic OH excluding ortho intramolecular Hbond substituents is 4. The molecule has 0 saturated heterocycles. The third-order valence-electron chi connectivity index (χ3n) is 10.2. The van der Waals surface area contributed by atoms with Crippen LogP contribution < -0.4 is 0 Å². The fourth-order valence-electron chi connectivity index (χ4n) is 5.03. The van der Waals surface area contributed by atoms with Crippen molar-refractivity contribution in [3.8, 4) is 23.0 Å². The minimum Gasteiger partial charge on any atom is -0.507 e. The van der Waals surface area contributed by atoms with Crippen LogP contribution in [0, 0.1) is 55.4 Å². The molecule has 0 radical (unpaired) electrons. The summed E-state index contributed by atoms with van der Waals surface area (Å²) in [5, 5.41) is 38.0. The molecule has 0 aliphatic heterocycles. The maximum Gasteiger partial charge on any atom is 0.229 e. The standard InChI is InChI=1S/C10H14O2.C10H12O2.C10H14O2.C10H12O2.CH4/c2*1-5-6(2)10(12)8(4)7(3)9(5)11;2*1-5-6(2)8(4)10(12)9(11)7(5)3;/h11-12H,1-4H3;1-4H3;11-12H,1-4H3;1-4H3;1H4. The second kappa shape index (κ2) is 17.1. The van der Waals surface area contributed by atoms with Crippen LogP contribution in [0.5, 0.6) is 23.0 Å². The van der Waals surface area contributed by atoms with Crippen LogP contribution >= 0.6 is 0 Å². The fraction of sp³-hybridized carbons (Fsp3) is 0.415. The summed E-state index contributed by atoms with van der Waals surface area (Å²) in [5.41, 5.74) is 12.0. The molecule has 4 rings (SSSR count). The third-order valence-corrected chi connectivity index (χ3v) is 10.2. The van der Waals surface area contributed by atoms with Gasteiger partial charge in [0.15, 0.2) is 23.1 Å². The van der Waals surface area contributed by atoms with Crippen LogP contribution in [0.2, 0.25) is 0 Å². The van der Waals surface area contributed by atoms with Gasteiger partial charge in [0.1, 0.15) is 11.5 Å². The number of allylic oxidation sites excluding steroid dienone is 8. The first-order chi connectivity index (χ1) is 21.9. The van der Waals surface area contributed by atoms with Crippen molar-refractivity contribution in [3.63, 3.8) is 0 Å². The highest BCUT2D eigenvalue weighted by Crippen LogP contribution is 2.37. The second-order valence-corrected chi connectivity index (χ2v) is 12.7. The van der Waals surface area contributed by atoms with Crippen molar-refractivity contribution < 1.29 is 39.6 Å². The van der Waals surface area contributed by atoms with Crippen LogP contribution in [0.4, 0.5) is 0 Å². The van der Waals surface area contributed by atoms with Crippen molar-refractivity contribution in [1.82, 2.24) is 0 Å². The fourth-order valence-corrected chi connectivity index (χ4v) is 5.03. The Morgan fingerprint density at radius 3 is 0.612 bits per heavy atom. The van der Waals surface area contributed by atoms with Gasteiger partial charge in [-0.3, -0.25) is 19.2 Å². The van der Waals surface area contributed by atoms with Crippen molar-refractivity contribution in [2.45, 2.75) is 118 Å². The number of carbonyl (C=O) groups is 4. The Kier molecular flexibility index (Phi) is 15.4. The predicted molar refractivity (Wildman–Crippen MR) is 198 cm³/mol. The van der Waals surface area contributed by atoms with E-state index in [1.165, 1.54) is 0 Å². The molecule has 268 valence electrons. The summed E-state index contributed by atoms with van der Waals surface area (Å²) in [4.78, 5) is 45.3. The van der Waals surface area contributed by atoms with Crippen molar-refractivity contribution in [2.24, 2.45) is 0 Å². The zero-order valence-electron chi connectivity index (χ0n) is 31.4. The molecule has 4 N–H and O–H groups in total. The molecule has 0 bridgehead atoms. The van der Waals surface area contributed by atoms with Gasteiger partial charge >= 0.3 is 0 Å². The number of phenols is 4. The largest absolute Gasteiger partial charge is 0.507 e. The summed E-state index contributed by atoms with van der Waals surface area (Å²) in [5.74, 6) is -0.0859. The second-order valence-electron chi connectivity index (χ2n) is 12.7. The molecule has 2 aromatic carbocycles. The minimum absolute atomic E-state index is 0. The smallest absolute Gasteiger partial charge is 0.229 e. The number of hydrogen-bond donors (Lipinski definition) is 4. The molecule has 0 unspecified atom stereocenters. The first-order valence-electron chi connectivity index (χ1n) is 15.7. The summed E-state index contributed by atoms with van der Waals surface area (Å²) in [6.07, 6.45) is 0. The maximum atomic E-state index is 11.4. The monoisotopic (exact) mass is 676 g/mol. The Hall–Kier alpha value is -4.72. The summed E-state index contributed by atoms with van der Waals surface area (Å²) in [6, 6.07) is 0. The van der Waals surface area contributed by atoms with Crippen molar-refractivity contribution in [1.29, 1.82) is 0 Å². The zero-order valence-corrected chi connectivity index (χ0v) is 31.4. The Bertz CT molecular complexity index is 1470. The molecular formula is C41H56O8. The Balaban J connectivity index is 0.000000623. The average Bonchev–Trinajstić information content (AvgIpc) is 3.08. The molecule has 0 heterocycles. The summed E-state index contributed by atoms with van der Waals surface area (Å²) >= 11 is 0. The lowest BCUT2D eigenvalue weighted by Crippen LogP contribution is -2.22. The van der Waals surface area contributed by atoms with Crippen LogP contribution in [0.1, 0.15) is 107 Å². The Morgan fingerprint density at radius 1 is 0.245 bits per heavy atom. The molecule has 0 fully saturated rings. The highest BCUT2D eigenvalue weighted by atomic mass is 16.3. The normalized spacial score (nSPS) is 14.5. The molecule has 2 aliphatic carbocycles. The molecule has 8 nitrogen and oxygen atoms in total. The van der Waals surface area contributed by atoms with Gasteiger partial charge in [0, 0.05) is 33.4 Å². The first-order valence-corrected chi connectivity index (χ1v) is 15.7. The van der Waals surface area contributed by atoms with Gasteiger partial charge in [-0.25, -0.2) is 0 Å². The van der Waals surface area contributed by atoms with Gasteiger partial charge in [-0.15, -0.1) is 0 Å². The van der Waals surface area contributed by atoms with Crippen molar-refractivity contribution in [3.05, 3.63) is 89.1 Å². The maximum absolute atomic E-state index is 11.4. The molecule has 0 aromatic heterocycles. The lowest BCUT2D eigenvalue weighted by Gasteiger charge is -2.15. The number of hydrogen-bond acceptors (Lipinski definition) is 8. The highest BCUT2D eigenvalue weighted by molar-refractivity contribution is 6.50. The van der Waals surface area contributed by atoms with E-state index in [4.69, 9.17) is 0 Å². The average molecular weight is 677 g/mol. The molecule has 2 aromatic rings. The lowest BCUT2D eigenvalue weighted by molar-refractivity contribution is -0.132. The number of rotatable bonds is 0. The molecule has 0 spiro atoms. The topological polar surface area (TPSA) is 149 Å². The zero-order chi connectivity index (χ0) is 37.9. The first kappa shape index (κ1) is 44.3. The van der Waals surface area contributed by atoms with Gasteiger partial charge < -0.3 is 20.4 Å². The number of aromatic hydroxyl groups is 4. The van der Waals surface area contributed by atoms with Gasteiger partial charge in [0.05, 0.1) is 0 Å². The summed E-state index contributed by atoms with van der Waals surface area (Å²) < 4.78 is 0. The van der Waals surface area contributed by atoms with E-state index in [0.717, 1.165) is 55.7 Å². The lowest BCUT2D eigenvalue weighted by atomic mass is 9.87. The van der Waals surface area contributed by atoms with E-state index in [0.29, 0.717) is 44.9 Å². The molecule has 0 atom stereocenters. The van der Waals surface area contributed by atoms with Crippen LogP contribution in [-0.4, -0.2) is 43.6 Å². The molecule has 8 heteroatoms. The van der Waals surface area contributed by atoms with Crippen LogP contribution in [0.3, 0.4) is 0 Å². The summed E-state index contributed by atoms with van der Waals surface area (Å²) in [6.45, 7) is 28.6. The molecular weight excluding hydrogens is 620 g/mol. The third kappa shape index (κ3) is 8.85. The van der Waals surface area contributed by atoms with E-state index < -0.39 is 0 Å². The predicted octanol–water partition coefficient (Wildman–Crippen LogP) is 8.92. The van der Waals surface area contributed by atoms with E-state index >= 15 is 0 Å². The van der Waals surface area contributed by atoms with E-state index in [2.05, 4.69) is 0 Å². The van der Waals surface area contributed by atoms with Crippen molar-refractivity contribution in [2.75, 3.05) is 0 Å². The number of carbonyl (C=O) groups excluding carboxylic acids is 4. The molecule has 0 amide bonds. The molecule has 49 heavy (non-hydrogen) atoms. The highest BCUT2D eigenvalue weighted by Gasteiger charge is 2.26. The Morgan fingerprint density at radius 2 is 0.408 bits per heavy atom. The molecule has 0 saturated carbocycles. The Labute approximate surface area is 292 Å². The van der Waals surface area contributed by atoms with E-state index in [1.54, 1.807) is 83.1 Å². The quantitative estimate of drug-likeness (QED) is 0.0710. The SMILES string of the molecule is C.CC1=C(C)C(=O)C(C)=C(C)C1=O.CC1=C(C)C(C)=C(C)C(=O)C1=O.Cc1c(C)c(C)c(O)c(O)c1C.Cc1c(C)c(O)c(C)c(C)c1O. The van der Waals surface area contributed by atoms with Crippen LogP contribution in [0.15, 0.2) is 44.6 Å².